The lowest BCUT2D eigenvalue weighted by Gasteiger charge is -2.19. The second-order valence-corrected chi connectivity index (χ2v) is 6.02. The number of rotatable bonds is 9. The highest BCUT2D eigenvalue weighted by Crippen LogP contribution is 2.27. The van der Waals surface area contributed by atoms with E-state index in [1.54, 1.807) is 0 Å². The highest BCUT2D eigenvalue weighted by Gasteiger charge is 2.15. The van der Waals surface area contributed by atoms with Gasteiger partial charge in [0.1, 0.15) is 0 Å². The average Bonchev–Trinajstić information content (AvgIpc) is 2.63. The molecule has 0 aromatic heterocycles. The number of hydrogen-bond acceptors (Lipinski definition) is 3. The Balaban J connectivity index is 1.92. The number of nitrogens with one attached hydrogen (secondary N) is 1. The molecule has 2 rings (SSSR count). The summed E-state index contributed by atoms with van der Waals surface area (Å²) in [6.07, 6.45) is 0.990. The molecule has 0 aliphatic rings. The van der Waals surface area contributed by atoms with Crippen LogP contribution in [0.2, 0.25) is 0 Å². The number of hydrogen-bond donors (Lipinski definition) is 1. The highest BCUT2D eigenvalue weighted by atomic mass is 16.5. The van der Waals surface area contributed by atoms with Crippen molar-refractivity contribution in [3.05, 3.63) is 71.8 Å². The van der Waals surface area contributed by atoms with Gasteiger partial charge in [0.2, 0.25) is 0 Å². The van der Waals surface area contributed by atoms with Crippen LogP contribution in [0.4, 0.5) is 0 Å². The van der Waals surface area contributed by atoms with Gasteiger partial charge in [-0.15, -0.1) is 0 Å². The highest BCUT2D eigenvalue weighted by molar-refractivity contribution is 5.72. The molecular formula is C21H27NO2. The Morgan fingerprint density at radius 1 is 1.00 bits per heavy atom. The standard InChI is InChI=1S/C21H27NO2/c1-3-24-21(23)17(2)16-22-15-14-20(18-10-6-4-7-11-18)19-12-8-5-9-13-19/h4-13,17,20,22H,3,14-16H2,1-2H3. The predicted octanol–water partition coefficient (Wildman–Crippen LogP) is 4.00. The van der Waals surface area contributed by atoms with Crippen molar-refractivity contribution >= 4 is 5.97 Å². The summed E-state index contributed by atoms with van der Waals surface area (Å²) in [7, 11) is 0. The molecule has 0 fully saturated rings. The van der Waals surface area contributed by atoms with E-state index in [-0.39, 0.29) is 11.9 Å². The topological polar surface area (TPSA) is 38.3 Å². The van der Waals surface area contributed by atoms with E-state index in [0.717, 1.165) is 13.0 Å². The Morgan fingerprint density at radius 2 is 1.54 bits per heavy atom. The molecular weight excluding hydrogens is 298 g/mol. The van der Waals surface area contributed by atoms with E-state index in [2.05, 4.69) is 53.8 Å². The maximum atomic E-state index is 11.7. The van der Waals surface area contributed by atoms with E-state index >= 15 is 0 Å². The quantitative estimate of drug-likeness (QED) is 0.559. The molecule has 0 heterocycles. The van der Waals surface area contributed by atoms with Crippen LogP contribution >= 0.6 is 0 Å². The van der Waals surface area contributed by atoms with Crippen molar-refractivity contribution in [1.29, 1.82) is 0 Å². The van der Waals surface area contributed by atoms with Crippen LogP contribution in [0.3, 0.4) is 0 Å². The lowest BCUT2D eigenvalue weighted by Crippen LogP contribution is -2.29. The molecule has 0 bridgehead atoms. The SMILES string of the molecule is CCOC(=O)C(C)CNCCC(c1ccccc1)c1ccccc1. The average molecular weight is 325 g/mol. The van der Waals surface area contributed by atoms with Gasteiger partial charge in [-0.1, -0.05) is 67.6 Å². The maximum absolute atomic E-state index is 11.7. The van der Waals surface area contributed by atoms with Crippen LogP contribution in [0.15, 0.2) is 60.7 Å². The van der Waals surface area contributed by atoms with Gasteiger partial charge >= 0.3 is 5.97 Å². The van der Waals surface area contributed by atoms with Crippen molar-refractivity contribution in [2.24, 2.45) is 5.92 Å². The molecule has 1 N–H and O–H groups in total. The van der Waals surface area contributed by atoms with Crippen LogP contribution < -0.4 is 5.32 Å². The Morgan fingerprint density at radius 3 is 2.04 bits per heavy atom. The number of carbonyl (C=O) groups is 1. The first-order chi connectivity index (χ1) is 11.7. The molecule has 128 valence electrons. The minimum absolute atomic E-state index is 0.114. The molecule has 0 saturated carbocycles. The fourth-order valence-electron chi connectivity index (χ4n) is 2.83. The maximum Gasteiger partial charge on any atom is 0.309 e. The normalized spacial score (nSPS) is 12.1. The van der Waals surface area contributed by atoms with Crippen LogP contribution in [0.5, 0.6) is 0 Å². The number of benzene rings is 2. The van der Waals surface area contributed by atoms with Crippen LogP contribution in [0, 0.1) is 5.92 Å². The minimum Gasteiger partial charge on any atom is -0.466 e. The summed E-state index contributed by atoms with van der Waals surface area (Å²) in [6.45, 7) is 5.68. The van der Waals surface area contributed by atoms with Crippen LogP contribution in [-0.4, -0.2) is 25.7 Å². The van der Waals surface area contributed by atoms with Crippen LogP contribution in [0.25, 0.3) is 0 Å². The monoisotopic (exact) mass is 325 g/mol. The molecule has 0 radical (unpaired) electrons. The van der Waals surface area contributed by atoms with Gasteiger partial charge in [0.25, 0.3) is 0 Å². The lowest BCUT2D eigenvalue weighted by molar-refractivity contribution is -0.147. The third-order valence-electron chi connectivity index (χ3n) is 4.15. The predicted molar refractivity (Wildman–Crippen MR) is 98.0 cm³/mol. The van der Waals surface area contributed by atoms with Crippen molar-refractivity contribution in [2.75, 3.05) is 19.7 Å². The summed E-state index contributed by atoms with van der Waals surface area (Å²) in [6, 6.07) is 21.2. The largest absolute Gasteiger partial charge is 0.466 e. The summed E-state index contributed by atoms with van der Waals surface area (Å²) in [5.74, 6) is 0.113. The van der Waals surface area contributed by atoms with Crippen molar-refractivity contribution in [2.45, 2.75) is 26.2 Å². The van der Waals surface area contributed by atoms with E-state index in [9.17, 15) is 4.79 Å². The molecule has 3 heteroatoms. The number of ether oxygens (including phenoxy) is 1. The van der Waals surface area contributed by atoms with Gasteiger partial charge < -0.3 is 10.1 Å². The van der Waals surface area contributed by atoms with Gasteiger partial charge in [-0.05, 0) is 31.0 Å². The van der Waals surface area contributed by atoms with E-state index in [1.165, 1.54) is 11.1 Å². The molecule has 0 aliphatic heterocycles. The first-order valence-corrected chi connectivity index (χ1v) is 8.69. The molecule has 0 spiro atoms. The van der Waals surface area contributed by atoms with Gasteiger partial charge in [0, 0.05) is 12.5 Å². The third-order valence-corrected chi connectivity index (χ3v) is 4.15. The van der Waals surface area contributed by atoms with E-state index in [1.807, 2.05) is 26.0 Å². The Bertz CT molecular complexity index is 558. The molecule has 3 nitrogen and oxygen atoms in total. The van der Waals surface area contributed by atoms with Crippen molar-refractivity contribution in [3.8, 4) is 0 Å². The van der Waals surface area contributed by atoms with Gasteiger partial charge in [-0.3, -0.25) is 4.79 Å². The molecule has 2 aromatic rings. The lowest BCUT2D eigenvalue weighted by atomic mass is 9.88. The Kier molecular flexibility index (Phi) is 7.50. The Labute approximate surface area is 145 Å². The summed E-state index contributed by atoms with van der Waals surface area (Å²) < 4.78 is 5.04. The first kappa shape index (κ1) is 18.2. The van der Waals surface area contributed by atoms with Crippen molar-refractivity contribution < 1.29 is 9.53 Å². The van der Waals surface area contributed by atoms with Crippen LogP contribution in [0.1, 0.15) is 37.3 Å². The molecule has 1 atom stereocenters. The van der Waals surface area contributed by atoms with Gasteiger partial charge in [-0.25, -0.2) is 0 Å². The molecule has 24 heavy (non-hydrogen) atoms. The van der Waals surface area contributed by atoms with Gasteiger partial charge in [0.15, 0.2) is 0 Å². The zero-order chi connectivity index (χ0) is 17.2. The van der Waals surface area contributed by atoms with E-state index in [0.29, 0.717) is 19.1 Å². The molecule has 0 aliphatic carbocycles. The summed E-state index contributed by atoms with van der Waals surface area (Å²) in [4.78, 5) is 11.7. The second-order valence-electron chi connectivity index (χ2n) is 6.02. The Hall–Kier alpha value is -2.13. The summed E-state index contributed by atoms with van der Waals surface area (Å²) in [5, 5.41) is 3.39. The zero-order valence-electron chi connectivity index (χ0n) is 14.6. The van der Waals surface area contributed by atoms with Gasteiger partial charge in [0.05, 0.1) is 12.5 Å². The third kappa shape index (κ3) is 5.50. The van der Waals surface area contributed by atoms with Crippen LogP contribution in [-0.2, 0) is 9.53 Å². The smallest absolute Gasteiger partial charge is 0.309 e. The van der Waals surface area contributed by atoms with Gasteiger partial charge in [-0.2, -0.15) is 0 Å². The number of carbonyl (C=O) groups excluding carboxylic acids is 1. The fourth-order valence-corrected chi connectivity index (χ4v) is 2.83. The second kappa shape index (κ2) is 9.89. The van der Waals surface area contributed by atoms with E-state index in [4.69, 9.17) is 4.74 Å². The van der Waals surface area contributed by atoms with Crippen molar-refractivity contribution in [1.82, 2.24) is 5.32 Å². The van der Waals surface area contributed by atoms with Crippen molar-refractivity contribution in [3.63, 3.8) is 0 Å². The molecule has 0 amide bonds. The number of esters is 1. The fraction of sp³-hybridized carbons (Fsp3) is 0.381. The molecule has 1 unspecified atom stereocenters. The molecule has 0 saturated heterocycles. The summed E-state index contributed by atoms with van der Waals surface area (Å²) >= 11 is 0. The first-order valence-electron chi connectivity index (χ1n) is 8.69. The van der Waals surface area contributed by atoms with E-state index < -0.39 is 0 Å². The molecule has 2 aromatic carbocycles. The summed E-state index contributed by atoms with van der Waals surface area (Å²) in [5.41, 5.74) is 2.65. The zero-order valence-corrected chi connectivity index (χ0v) is 14.6. The minimum atomic E-state index is -0.132.